The van der Waals surface area contributed by atoms with Crippen LogP contribution in [0, 0.1) is 6.92 Å². The number of rotatable bonds is 4. The molecule has 2 aromatic heterocycles. The second kappa shape index (κ2) is 5.44. The number of aromatic nitrogens is 2. The SMILES string of the molecule is Cc1cc2c(Cl)c(CN)[nH]c2cc1OCc1cscn1. The summed E-state index contributed by atoms with van der Waals surface area (Å²) in [6, 6.07) is 3.98. The van der Waals surface area contributed by atoms with Crippen molar-refractivity contribution < 1.29 is 4.74 Å². The van der Waals surface area contributed by atoms with E-state index in [1.54, 1.807) is 16.8 Å². The molecular formula is C14H14ClN3OS. The van der Waals surface area contributed by atoms with Crippen molar-refractivity contribution in [2.45, 2.75) is 20.1 Å². The Kier molecular flexibility index (Phi) is 3.65. The number of hydrogen-bond donors (Lipinski definition) is 2. The lowest BCUT2D eigenvalue weighted by molar-refractivity contribution is 0.300. The maximum atomic E-state index is 6.28. The summed E-state index contributed by atoms with van der Waals surface area (Å²) in [5, 5.41) is 3.65. The highest BCUT2D eigenvalue weighted by molar-refractivity contribution is 7.07. The number of nitrogens with zero attached hydrogens (tertiary/aromatic N) is 1. The molecule has 0 aliphatic heterocycles. The molecule has 2 heterocycles. The van der Waals surface area contributed by atoms with Crippen LogP contribution in [0.25, 0.3) is 10.9 Å². The first kappa shape index (κ1) is 13.4. The molecule has 0 aliphatic rings. The molecule has 0 aliphatic carbocycles. The molecule has 1 aromatic carbocycles. The maximum absolute atomic E-state index is 6.28. The summed E-state index contributed by atoms with van der Waals surface area (Å²) in [5.74, 6) is 0.826. The van der Waals surface area contributed by atoms with Crippen LogP contribution in [-0.2, 0) is 13.2 Å². The quantitative estimate of drug-likeness (QED) is 0.773. The van der Waals surface area contributed by atoms with E-state index in [-0.39, 0.29) is 0 Å². The molecule has 0 radical (unpaired) electrons. The van der Waals surface area contributed by atoms with E-state index in [4.69, 9.17) is 22.1 Å². The molecule has 0 atom stereocenters. The van der Waals surface area contributed by atoms with E-state index in [0.717, 1.165) is 33.6 Å². The summed E-state index contributed by atoms with van der Waals surface area (Å²) < 4.78 is 5.82. The minimum absolute atomic E-state index is 0.390. The third-order valence-corrected chi connectivity index (χ3v) is 4.23. The Morgan fingerprint density at radius 2 is 2.30 bits per heavy atom. The molecule has 3 aromatic rings. The molecule has 3 N–H and O–H groups in total. The van der Waals surface area contributed by atoms with Gasteiger partial charge in [0.15, 0.2) is 0 Å². The lowest BCUT2D eigenvalue weighted by atomic mass is 10.1. The van der Waals surface area contributed by atoms with Crippen molar-refractivity contribution in [3.63, 3.8) is 0 Å². The molecule has 0 amide bonds. The fourth-order valence-corrected chi connectivity index (χ4v) is 2.93. The molecule has 0 saturated heterocycles. The van der Waals surface area contributed by atoms with E-state index in [0.29, 0.717) is 18.2 Å². The molecule has 20 heavy (non-hydrogen) atoms. The predicted molar refractivity (Wildman–Crippen MR) is 82.4 cm³/mol. The van der Waals surface area contributed by atoms with Gasteiger partial charge in [0.2, 0.25) is 0 Å². The third kappa shape index (κ3) is 2.40. The molecule has 0 saturated carbocycles. The highest BCUT2D eigenvalue weighted by atomic mass is 35.5. The Hall–Kier alpha value is -1.56. The van der Waals surface area contributed by atoms with Crippen molar-refractivity contribution >= 4 is 33.8 Å². The Balaban J connectivity index is 1.93. The lowest BCUT2D eigenvalue weighted by Gasteiger charge is -2.08. The summed E-state index contributed by atoms with van der Waals surface area (Å²) >= 11 is 7.84. The minimum Gasteiger partial charge on any atom is -0.487 e. The molecule has 3 rings (SSSR count). The summed E-state index contributed by atoms with van der Waals surface area (Å²) in [5.41, 5.74) is 11.2. The van der Waals surface area contributed by atoms with Gasteiger partial charge in [0, 0.05) is 29.1 Å². The number of H-pyrrole nitrogens is 1. The van der Waals surface area contributed by atoms with Crippen molar-refractivity contribution in [3.05, 3.63) is 45.0 Å². The lowest BCUT2D eigenvalue weighted by Crippen LogP contribution is -1.97. The molecule has 0 bridgehead atoms. The number of nitrogens with one attached hydrogen (secondary N) is 1. The summed E-state index contributed by atoms with van der Waals surface area (Å²) in [6.45, 7) is 2.86. The second-order valence-electron chi connectivity index (χ2n) is 4.55. The van der Waals surface area contributed by atoms with Crippen LogP contribution in [0.4, 0.5) is 0 Å². The first-order valence-electron chi connectivity index (χ1n) is 6.19. The van der Waals surface area contributed by atoms with E-state index >= 15 is 0 Å². The van der Waals surface area contributed by atoms with E-state index < -0.39 is 0 Å². The average Bonchev–Trinajstić information content (AvgIpc) is 3.05. The molecule has 0 unspecified atom stereocenters. The fraction of sp³-hybridized carbons (Fsp3) is 0.214. The number of aromatic amines is 1. The zero-order valence-corrected chi connectivity index (χ0v) is 12.5. The van der Waals surface area contributed by atoms with Crippen molar-refractivity contribution in [3.8, 4) is 5.75 Å². The Bertz CT molecular complexity index is 737. The van der Waals surface area contributed by atoms with Crippen LogP contribution in [0.3, 0.4) is 0 Å². The normalized spacial score (nSPS) is 11.2. The van der Waals surface area contributed by atoms with Crippen molar-refractivity contribution in [2.24, 2.45) is 5.73 Å². The van der Waals surface area contributed by atoms with Gasteiger partial charge >= 0.3 is 0 Å². The first-order valence-corrected chi connectivity index (χ1v) is 7.51. The number of nitrogens with two attached hydrogens (primary N) is 1. The topological polar surface area (TPSA) is 63.9 Å². The summed E-state index contributed by atoms with van der Waals surface area (Å²) in [7, 11) is 0. The summed E-state index contributed by atoms with van der Waals surface area (Å²) in [4.78, 5) is 7.43. The minimum atomic E-state index is 0.390. The molecule has 4 nitrogen and oxygen atoms in total. The monoisotopic (exact) mass is 307 g/mol. The van der Waals surface area contributed by atoms with Gasteiger partial charge in [-0.2, -0.15) is 0 Å². The standard InChI is InChI=1S/C14H14ClN3OS/c1-8-2-10-11(18-12(4-16)14(10)15)3-13(8)19-5-9-6-20-7-17-9/h2-3,6-7,18H,4-5,16H2,1H3. The number of halogens is 1. The molecule has 6 heteroatoms. The van der Waals surface area contributed by atoms with E-state index in [1.165, 1.54) is 0 Å². The van der Waals surface area contributed by atoms with Gasteiger partial charge in [0.05, 0.1) is 21.7 Å². The first-order chi connectivity index (χ1) is 9.69. The molecule has 104 valence electrons. The third-order valence-electron chi connectivity index (χ3n) is 3.17. The number of ether oxygens (including phenoxy) is 1. The Morgan fingerprint density at radius 3 is 3.00 bits per heavy atom. The van der Waals surface area contributed by atoms with E-state index in [2.05, 4.69) is 9.97 Å². The van der Waals surface area contributed by atoms with E-state index in [9.17, 15) is 0 Å². The largest absolute Gasteiger partial charge is 0.487 e. The average molecular weight is 308 g/mol. The van der Waals surface area contributed by atoms with Gasteiger partial charge in [-0.05, 0) is 18.6 Å². The van der Waals surface area contributed by atoms with Gasteiger partial charge in [0.25, 0.3) is 0 Å². The fourth-order valence-electron chi connectivity index (χ4n) is 2.11. The van der Waals surface area contributed by atoms with Crippen LogP contribution in [-0.4, -0.2) is 9.97 Å². The Morgan fingerprint density at radius 1 is 1.45 bits per heavy atom. The summed E-state index contributed by atoms with van der Waals surface area (Å²) in [6.07, 6.45) is 0. The van der Waals surface area contributed by atoms with Gasteiger partial charge in [-0.25, -0.2) is 4.98 Å². The second-order valence-corrected chi connectivity index (χ2v) is 5.65. The number of fused-ring (bicyclic) bond motifs is 1. The number of benzene rings is 1. The van der Waals surface area contributed by atoms with Crippen molar-refractivity contribution in [1.82, 2.24) is 9.97 Å². The van der Waals surface area contributed by atoms with Crippen molar-refractivity contribution in [1.29, 1.82) is 0 Å². The van der Waals surface area contributed by atoms with Crippen LogP contribution in [0.1, 0.15) is 17.0 Å². The van der Waals surface area contributed by atoms with Gasteiger partial charge in [-0.3, -0.25) is 0 Å². The van der Waals surface area contributed by atoms with Crippen LogP contribution in [0.5, 0.6) is 5.75 Å². The van der Waals surface area contributed by atoms with E-state index in [1.807, 2.05) is 24.4 Å². The van der Waals surface area contributed by atoms with Crippen molar-refractivity contribution in [2.75, 3.05) is 0 Å². The molecular weight excluding hydrogens is 294 g/mol. The predicted octanol–water partition coefficient (Wildman–Crippen LogP) is 3.62. The van der Waals surface area contributed by atoms with Gasteiger partial charge in [0.1, 0.15) is 12.4 Å². The van der Waals surface area contributed by atoms with Crippen LogP contribution < -0.4 is 10.5 Å². The highest BCUT2D eigenvalue weighted by Crippen LogP contribution is 2.32. The van der Waals surface area contributed by atoms with Gasteiger partial charge in [-0.1, -0.05) is 11.6 Å². The molecule has 0 spiro atoms. The maximum Gasteiger partial charge on any atom is 0.131 e. The number of aryl methyl sites for hydroxylation is 1. The van der Waals surface area contributed by atoms with Gasteiger partial charge in [-0.15, -0.1) is 11.3 Å². The number of hydrogen-bond acceptors (Lipinski definition) is 4. The smallest absolute Gasteiger partial charge is 0.131 e. The zero-order chi connectivity index (χ0) is 14.1. The zero-order valence-electron chi connectivity index (χ0n) is 10.9. The highest BCUT2D eigenvalue weighted by Gasteiger charge is 2.11. The van der Waals surface area contributed by atoms with Crippen LogP contribution >= 0.6 is 22.9 Å². The van der Waals surface area contributed by atoms with Gasteiger partial charge < -0.3 is 15.5 Å². The Labute approximate surface area is 125 Å². The van der Waals surface area contributed by atoms with Crippen LogP contribution in [0.15, 0.2) is 23.0 Å². The number of thiazole rings is 1. The van der Waals surface area contributed by atoms with Crippen LogP contribution in [0.2, 0.25) is 5.02 Å². The molecule has 0 fully saturated rings.